The summed E-state index contributed by atoms with van der Waals surface area (Å²) < 4.78 is 27.5. The summed E-state index contributed by atoms with van der Waals surface area (Å²) in [7, 11) is -3.76. The van der Waals surface area contributed by atoms with Crippen molar-refractivity contribution in [1.29, 1.82) is 0 Å². The highest BCUT2D eigenvalue weighted by molar-refractivity contribution is 7.92. The molecule has 0 radical (unpaired) electrons. The number of aliphatic imine (C=N–C) groups is 1. The summed E-state index contributed by atoms with van der Waals surface area (Å²) in [5, 5.41) is 13.9. The minimum Gasteiger partial charge on any atom is -0.492 e. The number of sulfonamides is 1. The summed E-state index contributed by atoms with van der Waals surface area (Å²) in [5.74, 6) is 0.154. The fourth-order valence-corrected chi connectivity index (χ4v) is 5.07. The Morgan fingerprint density at radius 2 is 1.76 bits per heavy atom. The summed E-state index contributed by atoms with van der Waals surface area (Å²) in [5.41, 5.74) is 3.41. The number of pyridine rings is 1. The molecule has 0 saturated carbocycles. The van der Waals surface area contributed by atoms with E-state index in [4.69, 9.17) is 0 Å². The number of para-hydroxylation sites is 1. The fourth-order valence-electron chi connectivity index (χ4n) is 3.23. The van der Waals surface area contributed by atoms with Crippen LogP contribution < -0.4 is 10.0 Å². The van der Waals surface area contributed by atoms with Crippen LogP contribution in [0.15, 0.2) is 82.8 Å². The fraction of sp³-hybridized carbons (Fsp3) is 0. The van der Waals surface area contributed by atoms with Gasteiger partial charge in [-0.1, -0.05) is 35.6 Å². The first-order valence-electron chi connectivity index (χ1n) is 9.84. The van der Waals surface area contributed by atoms with Gasteiger partial charge in [-0.15, -0.1) is 0 Å². The zero-order chi connectivity index (χ0) is 22.8. The van der Waals surface area contributed by atoms with Crippen molar-refractivity contribution in [2.24, 2.45) is 4.99 Å². The Hall–Kier alpha value is -4.02. The molecule has 0 spiro atoms. The lowest BCUT2D eigenvalue weighted by molar-refractivity contribution is 0.457. The first-order valence-corrected chi connectivity index (χ1v) is 12.1. The van der Waals surface area contributed by atoms with Gasteiger partial charge in [0.1, 0.15) is 5.82 Å². The van der Waals surface area contributed by atoms with Crippen LogP contribution in [-0.4, -0.2) is 29.7 Å². The molecule has 2 aromatic carbocycles. The molecule has 33 heavy (non-hydrogen) atoms. The Morgan fingerprint density at radius 3 is 2.55 bits per heavy atom. The van der Waals surface area contributed by atoms with E-state index in [2.05, 4.69) is 25.0 Å². The van der Waals surface area contributed by atoms with E-state index in [0.717, 1.165) is 16.8 Å². The summed E-state index contributed by atoms with van der Waals surface area (Å²) in [6.45, 7) is 0. The van der Waals surface area contributed by atoms with Gasteiger partial charge in [-0.3, -0.25) is 9.71 Å². The van der Waals surface area contributed by atoms with Gasteiger partial charge in [-0.2, -0.15) is 4.98 Å². The number of allylic oxidation sites excluding steroid dienone is 1. The maximum absolute atomic E-state index is 12.5. The number of rotatable bonds is 6. The number of hydrogen-bond donors (Lipinski definition) is 3. The Bertz CT molecular complexity index is 1480. The van der Waals surface area contributed by atoms with Gasteiger partial charge in [0.2, 0.25) is 5.88 Å². The van der Waals surface area contributed by atoms with Crippen LogP contribution in [0.1, 0.15) is 10.4 Å². The largest absolute Gasteiger partial charge is 0.492 e. The van der Waals surface area contributed by atoms with Gasteiger partial charge in [0.15, 0.2) is 5.13 Å². The van der Waals surface area contributed by atoms with Crippen molar-refractivity contribution in [2.45, 2.75) is 4.90 Å². The summed E-state index contributed by atoms with van der Waals surface area (Å²) in [4.78, 5) is 13.2. The number of fused-ring (bicyclic) bond motifs is 1. The number of anilines is 3. The van der Waals surface area contributed by atoms with Crippen molar-refractivity contribution in [1.82, 2.24) is 9.97 Å². The molecule has 4 aromatic rings. The third-order valence-corrected chi connectivity index (χ3v) is 7.08. The zero-order valence-corrected chi connectivity index (χ0v) is 18.6. The van der Waals surface area contributed by atoms with E-state index in [1.807, 2.05) is 30.3 Å². The highest BCUT2D eigenvalue weighted by Gasteiger charge is 2.16. The molecule has 0 saturated heterocycles. The number of nitrogens with zero attached hydrogens (tertiary/aromatic N) is 3. The highest BCUT2D eigenvalue weighted by Crippen LogP contribution is 2.37. The van der Waals surface area contributed by atoms with Crippen molar-refractivity contribution in [3.05, 3.63) is 83.4 Å². The second-order valence-electron chi connectivity index (χ2n) is 7.05. The number of hydrogen-bond acceptors (Lipinski definition) is 8. The third-order valence-electron chi connectivity index (χ3n) is 4.80. The molecule has 1 aliphatic heterocycles. The van der Waals surface area contributed by atoms with Crippen LogP contribution in [0.3, 0.4) is 0 Å². The Balaban J connectivity index is 1.32. The van der Waals surface area contributed by atoms with E-state index in [0.29, 0.717) is 15.7 Å². The van der Waals surface area contributed by atoms with Crippen molar-refractivity contribution < 1.29 is 13.5 Å². The van der Waals surface area contributed by atoms with Gasteiger partial charge in [0.05, 0.1) is 15.5 Å². The molecular formula is C23H17N5O3S2. The lowest BCUT2D eigenvalue weighted by Gasteiger charge is -2.08. The standard InChI is InChI=1S/C23H17N5O3S2/c29-22-20(13-15-14-25-19-6-2-1-5-18(15)19)32-23(27-22)26-16-8-10-17(11-9-16)33(30,31)28-21-7-3-4-12-24-21/h1-14,29H,(H,24,28)(H,26,27)/b15-13+. The molecule has 1 aliphatic rings. The van der Waals surface area contributed by atoms with Gasteiger partial charge in [-0.05, 0) is 48.5 Å². The van der Waals surface area contributed by atoms with Gasteiger partial charge in [0, 0.05) is 29.2 Å². The predicted octanol–water partition coefficient (Wildman–Crippen LogP) is 5.04. The molecular weight excluding hydrogens is 458 g/mol. The molecule has 0 bridgehead atoms. The van der Waals surface area contributed by atoms with E-state index in [9.17, 15) is 13.5 Å². The maximum Gasteiger partial charge on any atom is 0.263 e. The highest BCUT2D eigenvalue weighted by atomic mass is 32.2. The molecule has 8 nitrogen and oxygen atoms in total. The average Bonchev–Trinajstić information content (AvgIpc) is 3.38. The Morgan fingerprint density at radius 1 is 0.970 bits per heavy atom. The van der Waals surface area contributed by atoms with Gasteiger partial charge in [0.25, 0.3) is 10.0 Å². The molecule has 164 valence electrons. The molecule has 5 rings (SSSR count). The molecule has 0 unspecified atom stereocenters. The van der Waals surface area contributed by atoms with Crippen LogP contribution in [-0.2, 0) is 10.0 Å². The minimum absolute atomic E-state index is 0.0912. The summed E-state index contributed by atoms with van der Waals surface area (Å²) in [6, 6.07) is 19.0. The normalized spacial score (nSPS) is 13.8. The number of nitrogens with one attached hydrogen (secondary N) is 2. The second kappa shape index (κ2) is 8.49. The molecule has 3 heterocycles. The number of aromatic hydroxyl groups is 1. The quantitative estimate of drug-likeness (QED) is 0.360. The van der Waals surface area contributed by atoms with Gasteiger partial charge in [-0.25, -0.2) is 13.4 Å². The molecule has 0 atom stereocenters. The maximum atomic E-state index is 12.5. The first kappa shape index (κ1) is 20.9. The monoisotopic (exact) mass is 475 g/mol. The van der Waals surface area contributed by atoms with E-state index in [1.54, 1.807) is 36.5 Å². The van der Waals surface area contributed by atoms with Crippen LogP contribution in [0.4, 0.5) is 22.3 Å². The zero-order valence-electron chi connectivity index (χ0n) is 17.0. The number of benzene rings is 2. The Kier molecular flexibility index (Phi) is 5.37. The van der Waals surface area contributed by atoms with Crippen molar-refractivity contribution in [2.75, 3.05) is 10.0 Å². The SMILES string of the molecule is O=S(=O)(Nc1ccccn1)c1ccc(Nc2nc(O)c(/C=C3\C=Nc4ccccc43)s2)cc1. The summed E-state index contributed by atoms with van der Waals surface area (Å²) in [6.07, 6.45) is 5.11. The minimum atomic E-state index is -3.76. The third kappa shape index (κ3) is 4.47. The van der Waals surface area contributed by atoms with Crippen molar-refractivity contribution in [3.8, 4) is 5.88 Å². The smallest absolute Gasteiger partial charge is 0.263 e. The predicted molar refractivity (Wildman–Crippen MR) is 131 cm³/mol. The van der Waals surface area contributed by atoms with E-state index >= 15 is 0 Å². The van der Waals surface area contributed by atoms with E-state index in [-0.39, 0.29) is 16.6 Å². The van der Waals surface area contributed by atoms with Crippen molar-refractivity contribution in [3.63, 3.8) is 0 Å². The van der Waals surface area contributed by atoms with Crippen LogP contribution in [0.25, 0.3) is 11.6 Å². The van der Waals surface area contributed by atoms with E-state index < -0.39 is 10.0 Å². The van der Waals surface area contributed by atoms with Gasteiger partial charge < -0.3 is 10.4 Å². The van der Waals surface area contributed by atoms with Crippen LogP contribution in [0, 0.1) is 0 Å². The lowest BCUT2D eigenvalue weighted by Crippen LogP contribution is -2.13. The molecule has 0 aliphatic carbocycles. The van der Waals surface area contributed by atoms with Crippen LogP contribution >= 0.6 is 11.3 Å². The number of aromatic nitrogens is 2. The average molecular weight is 476 g/mol. The number of thiazole rings is 1. The lowest BCUT2D eigenvalue weighted by atomic mass is 10.1. The Labute approximate surface area is 194 Å². The second-order valence-corrected chi connectivity index (χ2v) is 9.76. The topological polar surface area (TPSA) is 117 Å². The van der Waals surface area contributed by atoms with Crippen LogP contribution in [0.5, 0.6) is 5.88 Å². The molecule has 10 heteroatoms. The summed E-state index contributed by atoms with van der Waals surface area (Å²) >= 11 is 1.28. The van der Waals surface area contributed by atoms with Crippen LogP contribution in [0.2, 0.25) is 0 Å². The van der Waals surface area contributed by atoms with E-state index in [1.165, 1.54) is 29.7 Å². The molecule has 0 amide bonds. The van der Waals surface area contributed by atoms with Gasteiger partial charge >= 0.3 is 0 Å². The molecule has 3 N–H and O–H groups in total. The van der Waals surface area contributed by atoms with Crippen molar-refractivity contribution >= 4 is 61.5 Å². The molecule has 0 fully saturated rings. The molecule has 2 aromatic heterocycles. The first-order chi connectivity index (χ1) is 16.0.